The Hall–Kier alpha value is -1.92. The number of nitrogens with zero attached hydrogens (tertiary/aromatic N) is 1. The van der Waals surface area contributed by atoms with E-state index >= 15 is 0 Å². The van der Waals surface area contributed by atoms with Crippen molar-refractivity contribution in [1.29, 1.82) is 0 Å². The van der Waals surface area contributed by atoms with Gasteiger partial charge in [-0.15, -0.1) is 11.8 Å². The number of rotatable bonds is 8. The molecule has 1 aliphatic rings. The number of guanidine groups is 1. The summed E-state index contributed by atoms with van der Waals surface area (Å²) in [5, 5.41) is 17.3. The van der Waals surface area contributed by atoms with E-state index in [4.69, 9.17) is 4.42 Å². The van der Waals surface area contributed by atoms with Gasteiger partial charge in [0, 0.05) is 22.7 Å². The lowest BCUT2D eigenvalue weighted by Crippen LogP contribution is -2.42. The van der Waals surface area contributed by atoms with Gasteiger partial charge in [-0.05, 0) is 51.0 Å². The van der Waals surface area contributed by atoms with E-state index < -0.39 is 5.60 Å². The van der Waals surface area contributed by atoms with Crippen molar-refractivity contribution in [2.45, 2.75) is 41.9 Å². The van der Waals surface area contributed by atoms with E-state index in [9.17, 15) is 5.11 Å². The zero-order valence-corrected chi connectivity index (χ0v) is 16.2. The van der Waals surface area contributed by atoms with Crippen LogP contribution in [0.25, 0.3) is 0 Å². The van der Waals surface area contributed by atoms with Gasteiger partial charge in [0.2, 0.25) is 0 Å². The molecule has 1 fully saturated rings. The van der Waals surface area contributed by atoms with Crippen LogP contribution in [0.2, 0.25) is 0 Å². The van der Waals surface area contributed by atoms with E-state index in [0.717, 1.165) is 19.0 Å². The fraction of sp³-hybridized carbons (Fsp3) is 0.450. The van der Waals surface area contributed by atoms with Crippen molar-refractivity contribution in [3.8, 4) is 0 Å². The average Bonchev–Trinajstić information content (AvgIpc) is 3.16. The first-order valence-corrected chi connectivity index (χ1v) is 9.87. The molecule has 1 saturated carbocycles. The van der Waals surface area contributed by atoms with E-state index in [-0.39, 0.29) is 11.3 Å². The first kappa shape index (κ1) is 18.9. The second-order valence-corrected chi connectivity index (χ2v) is 8.44. The highest BCUT2D eigenvalue weighted by Crippen LogP contribution is 2.51. The maximum atomic E-state index is 10.6. The van der Waals surface area contributed by atoms with E-state index in [2.05, 4.69) is 39.9 Å². The first-order valence-electron chi connectivity index (χ1n) is 9.06. The number of aliphatic imine (C=N–C) groups is 1. The average molecular weight is 374 g/mol. The first-order chi connectivity index (χ1) is 12.5. The van der Waals surface area contributed by atoms with Crippen molar-refractivity contribution < 1.29 is 9.52 Å². The summed E-state index contributed by atoms with van der Waals surface area (Å²) in [4.78, 5) is 5.85. The van der Waals surface area contributed by atoms with Gasteiger partial charge < -0.3 is 20.2 Å². The number of hydrogen-bond acceptors (Lipinski definition) is 4. The summed E-state index contributed by atoms with van der Waals surface area (Å²) in [5.74, 6) is 1.25. The standard InChI is InChI=1S/C20H27N3O2S/c1-3-21-18(22-14-19(2,24)17-10-7-13-25-17)23-15-20(11-12-20)26-16-8-5-4-6-9-16/h4-10,13,24H,3,11-12,14-15H2,1-2H3,(H2,21,22,23). The minimum absolute atomic E-state index is 0.231. The molecule has 1 heterocycles. The molecule has 5 nitrogen and oxygen atoms in total. The van der Waals surface area contributed by atoms with Gasteiger partial charge >= 0.3 is 0 Å². The Labute approximate surface area is 159 Å². The lowest BCUT2D eigenvalue weighted by molar-refractivity contribution is 0.0437. The van der Waals surface area contributed by atoms with Gasteiger partial charge in [0.05, 0.1) is 12.8 Å². The molecule has 0 amide bonds. The van der Waals surface area contributed by atoms with Crippen LogP contribution in [0.15, 0.2) is 63.0 Å². The predicted octanol–water partition coefficient (Wildman–Crippen LogP) is 3.37. The van der Waals surface area contributed by atoms with Crippen LogP contribution in [0.5, 0.6) is 0 Å². The van der Waals surface area contributed by atoms with Crippen LogP contribution in [-0.4, -0.2) is 35.4 Å². The fourth-order valence-electron chi connectivity index (χ4n) is 2.68. The topological polar surface area (TPSA) is 69.8 Å². The van der Waals surface area contributed by atoms with Crippen LogP contribution < -0.4 is 10.6 Å². The van der Waals surface area contributed by atoms with Gasteiger partial charge in [-0.2, -0.15) is 0 Å². The molecule has 0 aliphatic heterocycles. The molecule has 1 aliphatic carbocycles. The molecule has 1 atom stereocenters. The van der Waals surface area contributed by atoms with E-state index in [1.54, 1.807) is 25.3 Å². The van der Waals surface area contributed by atoms with Crippen LogP contribution in [0.3, 0.4) is 0 Å². The summed E-state index contributed by atoms with van der Waals surface area (Å²) in [5.41, 5.74) is -1.12. The number of furan rings is 1. The van der Waals surface area contributed by atoms with Crippen LogP contribution in [0.4, 0.5) is 0 Å². The Kier molecular flexibility index (Phi) is 5.94. The molecule has 3 N–H and O–H groups in total. The Bertz CT molecular complexity index is 710. The SMILES string of the molecule is CCNC(=NCC(C)(O)c1ccco1)NCC1(Sc2ccccc2)CC1. The largest absolute Gasteiger partial charge is 0.466 e. The van der Waals surface area contributed by atoms with Crippen molar-refractivity contribution in [3.05, 3.63) is 54.5 Å². The number of aliphatic hydroxyl groups is 1. The zero-order valence-electron chi connectivity index (χ0n) is 15.4. The number of thioether (sulfide) groups is 1. The van der Waals surface area contributed by atoms with Gasteiger partial charge in [-0.3, -0.25) is 0 Å². The molecule has 3 rings (SSSR count). The second kappa shape index (κ2) is 8.18. The normalized spacial score (nSPS) is 18.2. The van der Waals surface area contributed by atoms with Crippen LogP contribution in [-0.2, 0) is 5.60 Å². The summed E-state index contributed by atoms with van der Waals surface area (Å²) in [6.07, 6.45) is 3.96. The molecule has 1 aromatic carbocycles. The molecule has 140 valence electrons. The molecule has 26 heavy (non-hydrogen) atoms. The van der Waals surface area contributed by atoms with Crippen molar-refractivity contribution in [2.75, 3.05) is 19.6 Å². The van der Waals surface area contributed by atoms with Crippen molar-refractivity contribution in [2.24, 2.45) is 4.99 Å². The minimum Gasteiger partial charge on any atom is -0.466 e. The minimum atomic E-state index is -1.12. The quantitative estimate of drug-likeness (QED) is 0.489. The fourth-order valence-corrected chi connectivity index (χ4v) is 3.92. The molecule has 2 aromatic rings. The Morgan fingerprint density at radius 1 is 1.23 bits per heavy atom. The summed E-state index contributed by atoms with van der Waals surface area (Å²) in [6, 6.07) is 14.1. The van der Waals surface area contributed by atoms with Gasteiger partial charge in [-0.1, -0.05) is 18.2 Å². The summed E-state index contributed by atoms with van der Waals surface area (Å²) < 4.78 is 5.55. The van der Waals surface area contributed by atoms with Gasteiger partial charge in [0.1, 0.15) is 11.4 Å². The highest BCUT2D eigenvalue weighted by Gasteiger charge is 2.43. The van der Waals surface area contributed by atoms with Crippen LogP contribution >= 0.6 is 11.8 Å². The molecule has 1 aromatic heterocycles. The van der Waals surface area contributed by atoms with Gasteiger partial charge in [-0.25, -0.2) is 4.99 Å². The maximum absolute atomic E-state index is 10.6. The number of nitrogens with one attached hydrogen (secondary N) is 2. The third-order valence-electron chi connectivity index (χ3n) is 4.40. The third-order valence-corrected chi connectivity index (χ3v) is 5.90. The highest BCUT2D eigenvalue weighted by atomic mass is 32.2. The van der Waals surface area contributed by atoms with Gasteiger partial charge in [0.15, 0.2) is 5.96 Å². The van der Waals surface area contributed by atoms with E-state index in [0.29, 0.717) is 5.76 Å². The molecule has 0 bridgehead atoms. The predicted molar refractivity (Wildman–Crippen MR) is 107 cm³/mol. The van der Waals surface area contributed by atoms with E-state index in [1.807, 2.05) is 24.8 Å². The Morgan fingerprint density at radius 3 is 2.62 bits per heavy atom. The van der Waals surface area contributed by atoms with Gasteiger partial charge in [0.25, 0.3) is 0 Å². The molecule has 6 heteroatoms. The van der Waals surface area contributed by atoms with Crippen molar-refractivity contribution in [1.82, 2.24) is 10.6 Å². The molecule has 0 saturated heterocycles. The monoisotopic (exact) mass is 373 g/mol. The van der Waals surface area contributed by atoms with Crippen molar-refractivity contribution >= 4 is 17.7 Å². The van der Waals surface area contributed by atoms with E-state index in [1.165, 1.54) is 17.7 Å². The smallest absolute Gasteiger partial charge is 0.191 e. The van der Waals surface area contributed by atoms with Crippen LogP contribution in [0, 0.1) is 0 Å². The number of benzene rings is 1. The summed E-state index contributed by atoms with van der Waals surface area (Å²) >= 11 is 1.93. The lowest BCUT2D eigenvalue weighted by Gasteiger charge is -2.21. The van der Waals surface area contributed by atoms with Crippen LogP contribution in [0.1, 0.15) is 32.4 Å². The highest BCUT2D eigenvalue weighted by molar-refractivity contribution is 8.01. The molecule has 1 unspecified atom stereocenters. The number of hydrogen-bond donors (Lipinski definition) is 3. The molecule has 0 spiro atoms. The Balaban J connectivity index is 1.58. The molecular weight excluding hydrogens is 346 g/mol. The third kappa shape index (κ3) is 5.05. The zero-order chi connectivity index (χ0) is 18.5. The molecule has 0 radical (unpaired) electrons. The van der Waals surface area contributed by atoms with Crippen molar-refractivity contribution in [3.63, 3.8) is 0 Å². The molecular formula is C20H27N3O2S. The summed E-state index contributed by atoms with van der Waals surface area (Å²) in [7, 11) is 0. The summed E-state index contributed by atoms with van der Waals surface area (Å²) in [6.45, 7) is 5.60. The maximum Gasteiger partial charge on any atom is 0.191 e. The lowest BCUT2D eigenvalue weighted by atomic mass is 10.0. The Morgan fingerprint density at radius 2 is 2.00 bits per heavy atom. The second-order valence-electron chi connectivity index (χ2n) is 6.90.